The molecule has 0 aliphatic carbocycles. The molecule has 20 heavy (non-hydrogen) atoms. The van der Waals surface area contributed by atoms with Crippen LogP contribution in [-0.4, -0.2) is 19.7 Å². The van der Waals surface area contributed by atoms with E-state index in [0.717, 1.165) is 16.7 Å². The monoisotopic (exact) mass is 290 g/mol. The molecule has 0 amide bonds. The Bertz CT molecular complexity index is 677. The average molecular weight is 290 g/mol. The van der Waals surface area contributed by atoms with Gasteiger partial charge in [-0.3, -0.25) is 9.29 Å². The van der Waals surface area contributed by atoms with Crippen LogP contribution in [0.2, 0.25) is 0 Å². The zero-order valence-corrected chi connectivity index (χ0v) is 12.7. The first-order valence-corrected chi connectivity index (χ1v) is 8.16. The van der Waals surface area contributed by atoms with E-state index >= 15 is 0 Å². The Morgan fingerprint density at radius 3 is 2.30 bits per heavy atom. The number of aromatic nitrogens is 1. The maximum absolute atomic E-state index is 12.1. The quantitative estimate of drug-likeness (QED) is 0.870. The van der Waals surface area contributed by atoms with Crippen LogP contribution in [0.5, 0.6) is 0 Å². The summed E-state index contributed by atoms with van der Waals surface area (Å²) in [6.45, 7) is 4.21. The molecule has 1 aromatic heterocycles. The van der Waals surface area contributed by atoms with Crippen LogP contribution >= 0.6 is 0 Å². The fraction of sp³-hybridized carbons (Fsp3) is 0.267. The summed E-state index contributed by atoms with van der Waals surface area (Å²) in [6, 6.07) is 9.45. The third-order valence-corrected chi connectivity index (χ3v) is 4.08. The summed E-state index contributed by atoms with van der Waals surface area (Å²) in [7, 11) is -3.34. The predicted molar refractivity (Wildman–Crippen MR) is 81.2 cm³/mol. The summed E-state index contributed by atoms with van der Waals surface area (Å²) in [6.07, 6.45) is 4.58. The van der Waals surface area contributed by atoms with E-state index in [1.165, 1.54) is 10.6 Å². The van der Waals surface area contributed by atoms with E-state index in [1.807, 2.05) is 38.1 Å². The zero-order valence-electron chi connectivity index (χ0n) is 11.9. The fourth-order valence-corrected chi connectivity index (χ4v) is 3.02. The topological polar surface area (TPSA) is 50.3 Å². The number of anilines is 1. The van der Waals surface area contributed by atoms with Gasteiger partial charge in [0.05, 0.1) is 18.5 Å². The molecule has 106 valence electrons. The molecule has 4 nitrogen and oxygen atoms in total. The van der Waals surface area contributed by atoms with Gasteiger partial charge in [0.2, 0.25) is 10.0 Å². The lowest BCUT2D eigenvalue weighted by atomic mass is 10.1. The first-order chi connectivity index (χ1) is 9.36. The molecule has 0 atom stereocenters. The van der Waals surface area contributed by atoms with Crippen molar-refractivity contribution in [2.24, 2.45) is 0 Å². The molecule has 0 saturated heterocycles. The minimum absolute atomic E-state index is 0.287. The van der Waals surface area contributed by atoms with Gasteiger partial charge in [0, 0.05) is 12.4 Å². The SMILES string of the molecule is Cc1cc(C)cc(N(Cc2cccnc2)S(C)(=O)=O)c1. The van der Waals surface area contributed by atoms with Crippen LogP contribution < -0.4 is 4.31 Å². The largest absolute Gasteiger partial charge is 0.266 e. The van der Waals surface area contributed by atoms with E-state index in [1.54, 1.807) is 18.5 Å². The van der Waals surface area contributed by atoms with Gasteiger partial charge >= 0.3 is 0 Å². The molecule has 1 aromatic carbocycles. The number of sulfonamides is 1. The summed E-state index contributed by atoms with van der Waals surface area (Å²) >= 11 is 0. The first-order valence-electron chi connectivity index (χ1n) is 6.31. The summed E-state index contributed by atoms with van der Waals surface area (Å²) in [5.74, 6) is 0. The lowest BCUT2D eigenvalue weighted by molar-refractivity contribution is 0.596. The van der Waals surface area contributed by atoms with Crippen LogP contribution in [0.1, 0.15) is 16.7 Å². The highest BCUT2D eigenvalue weighted by Crippen LogP contribution is 2.23. The van der Waals surface area contributed by atoms with Gasteiger partial charge in [-0.05, 0) is 48.7 Å². The van der Waals surface area contributed by atoms with Crippen LogP contribution in [0.4, 0.5) is 5.69 Å². The molecule has 2 rings (SSSR count). The van der Waals surface area contributed by atoms with Crippen molar-refractivity contribution in [3.05, 3.63) is 59.4 Å². The first kappa shape index (κ1) is 14.5. The summed E-state index contributed by atoms with van der Waals surface area (Å²) < 4.78 is 25.5. The zero-order chi connectivity index (χ0) is 14.8. The van der Waals surface area contributed by atoms with Crippen molar-refractivity contribution in [1.82, 2.24) is 4.98 Å². The number of pyridine rings is 1. The highest BCUT2D eigenvalue weighted by atomic mass is 32.2. The highest BCUT2D eigenvalue weighted by molar-refractivity contribution is 7.92. The van der Waals surface area contributed by atoms with Gasteiger partial charge in [-0.25, -0.2) is 8.42 Å². The number of aryl methyl sites for hydroxylation is 2. The Hall–Kier alpha value is -1.88. The van der Waals surface area contributed by atoms with Gasteiger partial charge in [0.25, 0.3) is 0 Å². The lowest BCUT2D eigenvalue weighted by Crippen LogP contribution is -2.29. The number of hydrogen-bond donors (Lipinski definition) is 0. The molecule has 0 unspecified atom stereocenters. The molecule has 1 heterocycles. The Morgan fingerprint density at radius 1 is 1.15 bits per heavy atom. The second kappa shape index (κ2) is 5.63. The number of nitrogens with zero attached hydrogens (tertiary/aromatic N) is 2. The van der Waals surface area contributed by atoms with Gasteiger partial charge in [-0.2, -0.15) is 0 Å². The Balaban J connectivity index is 2.43. The van der Waals surface area contributed by atoms with Crippen molar-refractivity contribution < 1.29 is 8.42 Å². The number of benzene rings is 1. The van der Waals surface area contributed by atoms with Gasteiger partial charge in [-0.1, -0.05) is 12.1 Å². The van der Waals surface area contributed by atoms with Gasteiger partial charge in [-0.15, -0.1) is 0 Å². The maximum Gasteiger partial charge on any atom is 0.232 e. The molecule has 0 aliphatic rings. The van der Waals surface area contributed by atoms with Crippen LogP contribution in [0, 0.1) is 13.8 Å². The highest BCUT2D eigenvalue weighted by Gasteiger charge is 2.18. The molecule has 0 radical (unpaired) electrons. The summed E-state index contributed by atoms with van der Waals surface area (Å²) in [5.41, 5.74) is 3.63. The van der Waals surface area contributed by atoms with E-state index in [-0.39, 0.29) is 6.54 Å². The second-order valence-electron chi connectivity index (χ2n) is 4.98. The Kier molecular flexibility index (Phi) is 4.09. The van der Waals surface area contributed by atoms with E-state index in [4.69, 9.17) is 0 Å². The van der Waals surface area contributed by atoms with Gasteiger partial charge < -0.3 is 0 Å². The van der Waals surface area contributed by atoms with Crippen molar-refractivity contribution in [2.75, 3.05) is 10.6 Å². The molecule has 0 fully saturated rings. The number of rotatable bonds is 4. The molecule has 5 heteroatoms. The fourth-order valence-electron chi connectivity index (χ4n) is 2.15. The van der Waals surface area contributed by atoms with Gasteiger partial charge in [0.15, 0.2) is 0 Å². The molecule has 0 saturated carbocycles. The summed E-state index contributed by atoms with van der Waals surface area (Å²) in [5, 5.41) is 0. The molecule has 0 N–H and O–H groups in total. The second-order valence-corrected chi connectivity index (χ2v) is 6.88. The molecular formula is C15H18N2O2S. The van der Waals surface area contributed by atoms with E-state index in [9.17, 15) is 8.42 Å². The van der Waals surface area contributed by atoms with E-state index in [2.05, 4.69) is 4.98 Å². The standard InChI is InChI=1S/C15H18N2O2S/c1-12-7-13(2)9-15(8-12)17(20(3,18)19)11-14-5-4-6-16-10-14/h4-10H,11H2,1-3H3. The minimum Gasteiger partial charge on any atom is -0.266 e. The third kappa shape index (κ3) is 3.57. The third-order valence-electron chi connectivity index (χ3n) is 2.94. The van der Waals surface area contributed by atoms with Crippen LogP contribution in [0.3, 0.4) is 0 Å². The van der Waals surface area contributed by atoms with Crippen molar-refractivity contribution in [2.45, 2.75) is 20.4 Å². The number of hydrogen-bond acceptors (Lipinski definition) is 3. The molecule has 0 bridgehead atoms. The van der Waals surface area contributed by atoms with Crippen LogP contribution in [0.15, 0.2) is 42.7 Å². The average Bonchev–Trinajstić information content (AvgIpc) is 2.34. The normalized spacial score (nSPS) is 11.3. The Morgan fingerprint density at radius 2 is 1.80 bits per heavy atom. The van der Waals surface area contributed by atoms with E-state index < -0.39 is 10.0 Å². The van der Waals surface area contributed by atoms with Gasteiger partial charge in [0.1, 0.15) is 0 Å². The predicted octanol–water partition coefficient (Wildman–Crippen LogP) is 2.66. The molecular weight excluding hydrogens is 272 g/mol. The Labute approximate surface area is 120 Å². The molecule has 0 aliphatic heterocycles. The van der Waals surface area contributed by atoms with Crippen molar-refractivity contribution in [3.63, 3.8) is 0 Å². The van der Waals surface area contributed by atoms with Crippen LogP contribution in [-0.2, 0) is 16.6 Å². The molecule has 0 spiro atoms. The maximum atomic E-state index is 12.1. The van der Waals surface area contributed by atoms with Crippen LogP contribution in [0.25, 0.3) is 0 Å². The van der Waals surface area contributed by atoms with E-state index in [0.29, 0.717) is 5.69 Å². The lowest BCUT2D eigenvalue weighted by Gasteiger charge is -2.23. The molecule has 2 aromatic rings. The minimum atomic E-state index is -3.34. The summed E-state index contributed by atoms with van der Waals surface area (Å²) in [4.78, 5) is 4.03. The van der Waals surface area contributed by atoms with Crippen molar-refractivity contribution >= 4 is 15.7 Å². The smallest absolute Gasteiger partial charge is 0.232 e. The van der Waals surface area contributed by atoms with Crippen molar-refractivity contribution in [3.8, 4) is 0 Å². The van der Waals surface area contributed by atoms with Crippen molar-refractivity contribution in [1.29, 1.82) is 0 Å².